The number of likely N-dealkylation sites (N-methyl/N-ethyl adjacent to an activating group) is 1. The average molecular weight is 369 g/mol. The van der Waals surface area contributed by atoms with Crippen molar-refractivity contribution < 1.29 is 14.3 Å². The second-order valence-corrected chi connectivity index (χ2v) is 7.08. The minimum Gasteiger partial charge on any atom is -0.481 e. The summed E-state index contributed by atoms with van der Waals surface area (Å²) >= 11 is 0. The summed E-state index contributed by atoms with van der Waals surface area (Å²) in [6.07, 6.45) is 5.50. The Morgan fingerprint density at radius 2 is 2.00 bits per heavy atom. The molecule has 0 heterocycles. The molecule has 0 unspecified atom stereocenters. The lowest BCUT2D eigenvalue weighted by atomic mass is 9.94. The Kier molecular flexibility index (Phi) is 7.03. The largest absolute Gasteiger partial charge is 0.481 e. The summed E-state index contributed by atoms with van der Waals surface area (Å²) in [7, 11) is 1.51. The fraction of sp³-hybridized carbons (Fsp3) is 0.429. The van der Waals surface area contributed by atoms with Crippen molar-refractivity contribution in [3.8, 4) is 17.6 Å². The number of hydrogen-bond acceptors (Lipinski definition) is 4. The first-order chi connectivity index (χ1) is 12.8. The van der Waals surface area contributed by atoms with Crippen LogP contribution in [0.3, 0.4) is 0 Å². The SMILES string of the molecule is CNC(=O)[C@@H](NC(=O)c1ccc(OCC#CC2=CCCC2)cc1)C(C)(C)N. The number of benzene rings is 1. The van der Waals surface area contributed by atoms with Gasteiger partial charge in [0.15, 0.2) is 0 Å². The molecule has 6 nitrogen and oxygen atoms in total. The van der Waals surface area contributed by atoms with Crippen molar-refractivity contribution in [2.45, 2.75) is 44.7 Å². The van der Waals surface area contributed by atoms with Gasteiger partial charge in [-0.2, -0.15) is 0 Å². The number of carbonyl (C=O) groups is 2. The van der Waals surface area contributed by atoms with Gasteiger partial charge in [-0.05, 0) is 62.9 Å². The van der Waals surface area contributed by atoms with Gasteiger partial charge in [0.1, 0.15) is 18.4 Å². The molecule has 0 fully saturated rings. The van der Waals surface area contributed by atoms with Crippen LogP contribution >= 0.6 is 0 Å². The van der Waals surface area contributed by atoms with Crippen LogP contribution < -0.4 is 21.1 Å². The second-order valence-electron chi connectivity index (χ2n) is 7.08. The van der Waals surface area contributed by atoms with E-state index in [1.807, 2.05) is 0 Å². The standard InChI is InChI=1S/C21H27N3O3/c1-21(2,22)18(20(26)23-3)24-19(25)16-10-12-17(13-11-16)27-14-6-9-15-7-4-5-8-15/h7,10-13,18H,4-5,8,14,22H2,1-3H3,(H,23,26)(H,24,25)/t18-/m1/s1. The highest BCUT2D eigenvalue weighted by Crippen LogP contribution is 2.16. The molecule has 0 aliphatic heterocycles. The zero-order chi connectivity index (χ0) is 19.9. The van der Waals surface area contributed by atoms with Crippen LogP contribution in [0.15, 0.2) is 35.9 Å². The topological polar surface area (TPSA) is 93.5 Å². The minimum absolute atomic E-state index is 0.295. The van der Waals surface area contributed by atoms with Gasteiger partial charge in [-0.3, -0.25) is 9.59 Å². The zero-order valence-corrected chi connectivity index (χ0v) is 16.1. The molecule has 144 valence electrons. The van der Waals surface area contributed by atoms with E-state index in [4.69, 9.17) is 10.5 Å². The molecule has 27 heavy (non-hydrogen) atoms. The zero-order valence-electron chi connectivity index (χ0n) is 16.1. The Morgan fingerprint density at radius 3 is 2.56 bits per heavy atom. The third-order valence-electron chi connectivity index (χ3n) is 4.25. The molecule has 4 N–H and O–H groups in total. The predicted octanol–water partition coefficient (Wildman–Crippen LogP) is 1.76. The normalized spacial score (nSPS) is 14.4. The van der Waals surface area contributed by atoms with Crippen molar-refractivity contribution >= 4 is 11.8 Å². The summed E-state index contributed by atoms with van der Waals surface area (Å²) < 4.78 is 5.57. The van der Waals surface area contributed by atoms with Crippen LogP contribution in [0, 0.1) is 11.8 Å². The molecular weight excluding hydrogens is 342 g/mol. The van der Waals surface area contributed by atoms with Crippen LogP contribution in [0.2, 0.25) is 0 Å². The lowest BCUT2D eigenvalue weighted by Gasteiger charge is -2.29. The van der Waals surface area contributed by atoms with Gasteiger partial charge in [0, 0.05) is 18.2 Å². The van der Waals surface area contributed by atoms with Gasteiger partial charge in [0.25, 0.3) is 5.91 Å². The van der Waals surface area contributed by atoms with E-state index in [1.54, 1.807) is 38.1 Å². The highest BCUT2D eigenvalue weighted by Gasteiger charge is 2.32. The average Bonchev–Trinajstić information content (AvgIpc) is 3.15. The molecule has 0 bridgehead atoms. The van der Waals surface area contributed by atoms with E-state index in [1.165, 1.54) is 19.0 Å². The Bertz CT molecular complexity index is 765. The molecule has 0 aromatic heterocycles. The number of ether oxygens (including phenoxy) is 1. The molecule has 1 aliphatic rings. The number of nitrogens with one attached hydrogen (secondary N) is 2. The smallest absolute Gasteiger partial charge is 0.251 e. The molecule has 1 aromatic rings. The van der Waals surface area contributed by atoms with Gasteiger partial charge >= 0.3 is 0 Å². The molecule has 1 aliphatic carbocycles. The minimum atomic E-state index is -0.897. The molecule has 1 aromatic carbocycles. The van der Waals surface area contributed by atoms with E-state index in [0.29, 0.717) is 17.9 Å². The fourth-order valence-electron chi connectivity index (χ4n) is 2.70. The third-order valence-corrected chi connectivity index (χ3v) is 4.25. The van der Waals surface area contributed by atoms with Gasteiger partial charge in [-0.25, -0.2) is 0 Å². The summed E-state index contributed by atoms with van der Waals surface area (Å²) in [5.41, 5.74) is 6.71. The van der Waals surface area contributed by atoms with Gasteiger partial charge in [-0.15, -0.1) is 0 Å². The van der Waals surface area contributed by atoms with E-state index >= 15 is 0 Å². The van der Waals surface area contributed by atoms with Gasteiger partial charge in [0.2, 0.25) is 5.91 Å². The number of rotatable bonds is 6. The number of nitrogens with two attached hydrogens (primary N) is 1. The van der Waals surface area contributed by atoms with Crippen LogP contribution in [0.1, 0.15) is 43.5 Å². The molecule has 1 atom stereocenters. The number of hydrogen-bond donors (Lipinski definition) is 3. The van der Waals surface area contributed by atoms with Gasteiger partial charge < -0.3 is 21.1 Å². The maximum Gasteiger partial charge on any atom is 0.251 e. The summed E-state index contributed by atoms with van der Waals surface area (Å²) in [6.45, 7) is 3.67. The molecule has 0 saturated carbocycles. The first-order valence-electron chi connectivity index (χ1n) is 9.03. The van der Waals surface area contributed by atoms with Gasteiger partial charge in [0.05, 0.1) is 0 Å². The van der Waals surface area contributed by atoms with Crippen molar-refractivity contribution in [2.75, 3.05) is 13.7 Å². The highest BCUT2D eigenvalue weighted by molar-refractivity contribution is 5.98. The summed E-state index contributed by atoms with van der Waals surface area (Å²) in [5, 5.41) is 5.20. The van der Waals surface area contributed by atoms with E-state index in [2.05, 4.69) is 28.6 Å². The fourth-order valence-corrected chi connectivity index (χ4v) is 2.70. The van der Waals surface area contributed by atoms with E-state index < -0.39 is 11.6 Å². The molecule has 0 saturated heterocycles. The lowest BCUT2D eigenvalue weighted by Crippen LogP contribution is -2.61. The van der Waals surface area contributed by atoms with E-state index in [0.717, 1.165) is 12.8 Å². The number of carbonyl (C=O) groups excluding carboxylic acids is 2. The molecule has 2 amide bonds. The van der Waals surface area contributed by atoms with Crippen LogP contribution in [0.25, 0.3) is 0 Å². The van der Waals surface area contributed by atoms with Gasteiger partial charge in [-0.1, -0.05) is 17.9 Å². The number of amides is 2. The Labute approximate surface area is 160 Å². The van der Waals surface area contributed by atoms with Crippen LogP contribution in [0.4, 0.5) is 0 Å². The van der Waals surface area contributed by atoms with Crippen molar-refractivity contribution in [3.05, 3.63) is 41.5 Å². The first kappa shape index (κ1) is 20.5. The third kappa shape index (κ3) is 6.15. The second kappa shape index (κ2) is 9.24. The van der Waals surface area contributed by atoms with Crippen molar-refractivity contribution in [3.63, 3.8) is 0 Å². The predicted molar refractivity (Wildman–Crippen MR) is 105 cm³/mol. The van der Waals surface area contributed by atoms with Crippen molar-refractivity contribution in [2.24, 2.45) is 5.73 Å². The Morgan fingerprint density at radius 1 is 1.30 bits per heavy atom. The van der Waals surface area contributed by atoms with Crippen LogP contribution in [-0.2, 0) is 4.79 Å². The highest BCUT2D eigenvalue weighted by atomic mass is 16.5. The summed E-state index contributed by atoms with van der Waals surface area (Å²) in [4.78, 5) is 24.4. The maximum atomic E-state index is 12.4. The van der Waals surface area contributed by atoms with E-state index in [-0.39, 0.29) is 11.8 Å². The monoisotopic (exact) mass is 369 g/mol. The Hall–Kier alpha value is -2.78. The van der Waals surface area contributed by atoms with Crippen molar-refractivity contribution in [1.82, 2.24) is 10.6 Å². The molecule has 6 heteroatoms. The number of allylic oxidation sites excluding steroid dienone is 2. The summed E-state index contributed by atoms with van der Waals surface area (Å²) in [6, 6.07) is 5.84. The quantitative estimate of drug-likeness (QED) is 0.666. The van der Waals surface area contributed by atoms with Crippen LogP contribution in [-0.4, -0.2) is 37.0 Å². The van der Waals surface area contributed by atoms with Crippen molar-refractivity contribution in [1.29, 1.82) is 0 Å². The molecule has 0 radical (unpaired) electrons. The molecular formula is C21H27N3O3. The Balaban J connectivity index is 1.93. The summed E-state index contributed by atoms with van der Waals surface area (Å²) in [5.74, 6) is 6.02. The van der Waals surface area contributed by atoms with Crippen LogP contribution in [0.5, 0.6) is 5.75 Å². The first-order valence-corrected chi connectivity index (χ1v) is 9.03. The lowest BCUT2D eigenvalue weighted by molar-refractivity contribution is -0.123. The van der Waals surface area contributed by atoms with E-state index in [9.17, 15) is 9.59 Å². The maximum absolute atomic E-state index is 12.4. The molecule has 2 rings (SSSR count). The molecule has 0 spiro atoms.